The molecule has 3 aromatic rings. The molecule has 0 saturated heterocycles. The summed E-state index contributed by atoms with van der Waals surface area (Å²) in [6.45, 7) is 2.28. The van der Waals surface area contributed by atoms with Crippen LogP contribution in [0.15, 0.2) is 54.9 Å². The van der Waals surface area contributed by atoms with Crippen LogP contribution in [0.2, 0.25) is 0 Å². The van der Waals surface area contributed by atoms with Crippen LogP contribution < -0.4 is 0 Å². The van der Waals surface area contributed by atoms with Gasteiger partial charge in [-0.25, -0.2) is 0 Å². The number of hydrogen-bond acceptors (Lipinski definition) is 7. The minimum Gasteiger partial charge on any atom is -0.506 e. The summed E-state index contributed by atoms with van der Waals surface area (Å²) in [4.78, 5) is 1.72. The monoisotopic (exact) mass is 588 g/mol. The summed E-state index contributed by atoms with van der Waals surface area (Å²) >= 11 is 9.48. The molecule has 0 fully saturated rings. The van der Waals surface area contributed by atoms with Crippen LogP contribution in [0.4, 0.5) is 0 Å². The first kappa shape index (κ1) is 31.4. The minimum absolute atomic E-state index is 0.320. The third-order valence-electron chi connectivity index (χ3n) is 6.95. The SMILES string of the molecule is CCCCCCCCCCCCCCCCc1c(S)cc(Sc2nnc(SC)s2)c(O)c1-c1ccccc1. The smallest absolute Gasteiger partial charge is 0.180 e. The molecule has 1 N–H and O–H groups in total. The van der Waals surface area contributed by atoms with Gasteiger partial charge in [-0.1, -0.05) is 156 Å². The summed E-state index contributed by atoms with van der Waals surface area (Å²) < 4.78 is 1.76. The van der Waals surface area contributed by atoms with Crippen molar-refractivity contribution in [2.75, 3.05) is 6.26 Å². The third-order valence-corrected chi connectivity index (χ3v) is 10.3. The van der Waals surface area contributed by atoms with E-state index in [4.69, 9.17) is 12.6 Å². The summed E-state index contributed by atoms with van der Waals surface area (Å²) in [5.74, 6) is 0.320. The number of phenolic OH excluding ortho intramolecular Hbond substituents is 1. The highest BCUT2D eigenvalue weighted by Crippen LogP contribution is 2.46. The van der Waals surface area contributed by atoms with Crippen LogP contribution in [0.25, 0.3) is 11.1 Å². The first-order valence-corrected chi connectivity index (χ1v) is 17.6. The summed E-state index contributed by atoms with van der Waals surface area (Å²) in [7, 11) is 0. The summed E-state index contributed by atoms with van der Waals surface area (Å²) in [6.07, 6.45) is 21.9. The molecule has 0 aliphatic heterocycles. The van der Waals surface area contributed by atoms with Crippen LogP contribution in [-0.4, -0.2) is 21.6 Å². The molecule has 3 nitrogen and oxygen atoms in total. The lowest BCUT2D eigenvalue weighted by Gasteiger charge is -2.17. The fourth-order valence-corrected chi connectivity index (χ4v) is 7.75. The molecule has 38 heavy (non-hydrogen) atoms. The van der Waals surface area contributed by atoms with Crippen molar-refractivity contribution in [2.24, 2.45) is 0 Å². The normalized spacial score (nSPS) is 11.3. The van der Waals surface area contributed by atoms with Crippen LogP contribution in [-0.2, 0) is 6.42 Å². The number of phenols is 1. The molecule has 208 valence electrons. The Bertz CT molecular complexity index is 1070. The molecule has 3 rings (SSSR count). The highest BCUT2D eigenvalue weighted by atomic mass is 32.2. The number of thioether (sulfide) groups is 1. The van der Waals surface area contributed by atoms with Crippen LogP contribution in [0.5, 0.6) is 5.75 Å². The number of benzene rings is 2. The van der Waals surface area contributed by atoms with Crippen LogP contribution >= 0.6 is 47.5 Å². The van der Waals surface area contributed by atoms with Gasteiger partial charge in [0.15, 0.2) is 8.68 Å². The van der Waals surface area contributed by atoms with E-state index in [1.165, 1.54) is 95.2 Å². The number of nitrogens with zero attached hydrogens (tertiary/aromatic N) is 2. The van der Waals surface area contributed by atoms with E-state index in [1.54, 1.807) is 23.1 Å². The second kappa shape index (κ2) is 18.2. The molecule has 7 heteroatoms. The zero-order valence-corrected chi connectivity index (χ0v) is 26.4. The van der Waals surface area contributed by atoms with Crippen molar-refractivity contribution >= 4 is 47.5 Å². The van der Waals surface area contributed by atoms with Crippen molar-refractivity contribution in [3.8, 4) is 16.9 Å². The van der Waals surface area contributed by atoms with E-state index in [-0.39, 0.29) is 0 Å². The standard InChI is InChI=1S/C31H44N2OS4/c1-3-4-5-6-7-8-9-10-11-12-13-14-15-19-22-25-26(35)23-27(37-31-33-32-30(36-2)38-31)29(34)28(25)24-20-17-16-18-21-24/h16-18,20-21,23,34-35H,3-15,19,22H2,1-2H3. The zero-order chi connectivity index (χ0) is 27.0. The highest BCUT2D eigenvalue weighted by Gasteiger charge is 2.19. The zero-order valence-electron chi connectivity index (χ0n) is 23.1. The Morgan fingerprint density at radius 1 is 0.789 bits per heavy atom. The number of aromatic hydroxyl groups is 1. The van der Waals surface area contributed by atoms with Crippen molar-refractivity contribution in [2.45, 2.75) is 122 Å². The molecule has 0 radical (unpaired) electrons. The molecule has 0 spiro atoms. The van der Waals surface area contributed by atoms with Gasteiger partial charge in [-0.3, -0.25) is 0 Å². The minimum atomic E-state index is 0.320. The molecule has 0 saturated carbocycles. The molecule has 0 aliphatic carbocycles. The van der Waals surface area contributed by atoms with Crippen molar-refractivity contribution in [3.05, 3.63) is 42.0 Å². The first-order chi connectivity index (χ1) is 18.6. The van der Waals surface area contributed by atoms with Gasteiger partial charge in [0.25, 0.3) is 0 Å². The number of unbranched alkanes of at least 4 members (excludes halogenated alkanes) is 13. The molecular formula is C31H44N2OS4. The lowest BCUT2D eigenvalue weighted by molar-refractivity contribution is 0.462. The average molecular weight is 589 g/mol. The molecular weight excluding hydrogens is 545 g/mol. The Labute approximate surface area is 248 Å². The van der Waals surface area contributed by atoms with Crippen LogP contribution in [0.1, 0.15) is 102 Å². The maximum atomic E-state index is 11.4. The lowest BCUT2D eigenvalue weighted by atomic mass is 9.94. The Morgan fingerprint density at radius 2 is 1.34 bits per heavy atom. The van der Waals surface area contributed by atoms with Gasteiger partial charge in [-0.05, 0) is 36.3 Å². The Balaban J connectivity index is 1.49. The molecule has 0 amide bonds. The van der Waals surface area contributed by atoms with Crippen LogP contribution in [0.3, 0.4) is 0 Å². The van der Waals surface area contributed by atoms with Gasteiger partial charge in [0.05, 0.1) is 4.90 Å². The topological polar surface area (TPSA) is 46.0 Å². The second-order valence-corrected chi connectivity index (χ2v) is 13.8. The van der Waals surface area contributed by atoms with Gasteiger partial charge in [0, 0.05) is 10.5 Å². The Hall–Kier alpha value is -1.15. The van der Waals surface area contributed by atoms with Gasteiger partial charge >= 0.3 is 0 Å². The summed E-state index contributed by atoms with van der Waals surface area (Å²) in [5.41, 5.74) is 3.08. The van der Waals surface area contributed by atoms with E-state index >= 15 is 0 Å². The number of thiol groups is 1. The van der Waals surface area contributed by atoms with Crippen molar-refractivity contribution in [1.29, 1.82) is 0 Å². The van der Waals surface area contributed by atoms with Crippen molar-refractivity contribution in [3.63, 3.8) is 0 Å². The quantitative estimate of drug-likeness (QED) is 0.0828. The van der Waals surface area contributed by atoms with Crippen molar-refractivity contribution in [1.82, 2.24) is 10.2 Å². The largest absolute Gasteiger partial charge is 0.506 e. The van der Waals surface area contributed by atoms with E-state index in [9.17, 15) is 5.11 Å². The van der Waals surface area contributed by atoms with Gasteiger partial charge in [0.2, 0.25) is 0 Å². The number of rotatable bonds is 19. The Morgan fingerprint density at radius 3 is 1.89 bits per heavy atom. The average Bonchev–Trinajstić information content (AvgIpc) is 3.39. The molecule has 1 aromatic heterocycles. The Kier molecular flexibility index (Phi) is 15.1. The van der Waals surface area contributed by atoms with E-state index in [0.717, 1.165) is 48.0 Å². The summed E-state index contributed by atoms with van der Waals surface area (Å²) in [5, 5.41) is 19.8. The predicted molar refractivity (Wildman–Crippen MR) is 171 cm³/mol. The molecule has 0 atom stereocenters. The first-order valence-electron chi connectivity index (χ1n) is 14.3. The second-order valence-electron chi connectivity index (χ2n) is 9.95. The van der Waals surface area contributed by atoms with Crippen LogP contribution in [0, 0.1) is 0 Å². The van der Waals surface area contributed by atoms with E-state index in [0.29, 0.717) is 5.75 Å². The van der Waals surface area contributed by atoms with Gasteiger partial charge in [-0.15, -0.1) is 22.8 Å². The molecule has 0 aliphatic rings. The van der Waals surface area contributed by atoms with Gasteiger partial charge < -0.3 is 5.11 Å². The van der Waals surface area contributed by atoms with Gasteiger partial charge in [-0.2, -0.15) is 0 Å². The van der Waals surface area contributed by atoms with E-state index in [1.807, 2.05) is 30.5 Å². The predicted octanol–water partition coefficient (Wildman–Crippen LogP) is 11.1. The fraction of sp³-hybridized carbons (Fsp3) is 0.548. The maximum Gasteiger partial charge on any atom is 0.180 e. The lowest BCUT2D eigenvalue weighted by Crippen LogP contribution is -1.96. The molecule has 0 bridgehead atoms. The van der Waals surface area contributed by atoms with E-state index < -0.39 is 0 Å². The van der Waals surface area contributed by atoms with E-state index in [2.05, 4.69) is 29.3 Å². The maximum absolute atomic E-state index is 11.4. The molecule has 0 unspecified atom stereocenters. The highest BCUT2D eigenvalue weighted by molar-refractivity contribution is 8.03. The number of hydrogen-bond donors (Lipinski definition) is 2. The summed E-state index contributed by atoms with van der Waals surface area (Å²) in [6, 6.07) is 12.2. The number of aromatic nitrogens is 2. The third kappa shape index (κ3) is 10.4. The fourth-order valence-electron chi connectivity index (χ4n) is 4.83. The van der Waals surface area contributed by atoms with Crippen molar-refractivity contribution < 1.29 is 5.11 Å². The molecule has 2 aromatic carbocycles. The molecule has 1 heterocycles. The van der Waals surface area contributed by atoms with Gasteiger partial charge in [0.1, 0.15) is 5.75 Å².